The van der Waals surface area contributed by atoms with Crippen LogP contribution in [-0.2, 0) is 6.42 Å². The number of carboxylic acids is 1. The van der Waals surface area contributed by atoms with Crippen LogP contribution in [0, 0.1) is 0 Å². The number of anilines is 1. The number of aromatic carboxylic acids is 1. The maximum Gasteiger partial charge on any atom is 0.354 e. The Kier molecular flexibility index (Phi) is 4.02. The highest BCUT2D eigenvalue weighted by molar-refractivity contribution is 5.85. The fourth-order valence-corrected chi connectivity index (χ4v) is 1.69. The van der Waals surface area contributed by atoms with Crippen LogP contribution < -0.4 is 5.32 Å². The van der Waals surface area contributed by atoms with Crippen LogP contribution in [0.4, 0.5) is 5.95 Å². The highest BCUT2D eigenvalue weighted by atomic mass is 16.4. The summed E-state index contributed by atoms with van der Waals surface area (Å²) in [4.78, 5) is 22.7. The van der Waals surface area contributed by atoms with E-state index in [4.69, 9.17) is 5.11 Å². The maximum absolute atomic E-state index is 10.8. The molecule has 1 unspecified atom stereocenters. The van der Waals surface area contributed by atoms with E-state index in [0.717, 1.165) is 12.0 Å². The van der Waals surface area contributed by atoms with E-state index in [1.807, 2.05) is 19.1 Å². The average Bonchev–Trinajstić information content (AvgIpc) is 2.40. The molecule has 6 nitrogen and oxygen atoms in total. The predicted molar refractivity (Wildman–Crippen MR) is 70.0 cm³/mol. The summed E-state index contributed by atoms with van der Waals surface area (Å²) >= 11 is 0. The van der Waals surface area contributed by atoms with Gasteiger partial charge in [0.05, 0.1) is 0 Å². The lowest BCUT2D eigenvalue weighted by Crippen LogP contribution is -2.20. The highest BCUT2D eigenvalue weighted by Crippen LogP contribution is 2.07. The number of hydrogen-bond acceptors (Lipinski definition) is 5. The van der Waals surface area contributed by atoms with Gasteiger partial charge in [-0.3, -0.25) is 4.98 Å². The average molecular weight is 258 g/mol. The molecule has 0 radical (unpaired) electrons. The molecule has 1 atom stereocenters. The van der Waals surface area contributed by atoms with Crippen molar-refractivity contribution in [2.45, 2.75) is 19.4 Å². The number of carbonyl (C=O) groups is 1. The van der Waals surface area contributed by atoms with Gasteiger partial charge in [-0.05, 0) is 37.1 Å². The number of carboxylic acid groups (broad SMARTS) is 1. The molecular weight excluding hydrogens is 244 g/mol. The third-order valence-electron chi connectivity index (χ3n) is 2.54. The van der Waals surface area contributed by atoms with Gasteiger partial charge in [-0.15, -0.1) is 0 Å². The molecule has 98 valence electrons. The Morgan fingerprint density at radius 1 is 1.32 bits per heavy atom. The van der Waals surface area contributed by atoms with E-state index in [1.54, 1.807) is 12.4 Å². The van der Waals surface area contributed by atoms with Gasteiger partial charge in [0.25, 0.3) is 0 Å². The Morgan fingerprint density at radius 3 is 2.74 bits per heavy atom. The molecule has 19 heavy (non-hydrogen) atoms. The van der Waals surface area contributed by atoms with Crippen molar-refractivity contribution in [3.05, 3.63) is 48.0 Å². The number of hydrogen-bond donors (Lipinski definition) is 2. The van der Waals surface area contributed by atoms with Crippen molar-refractivity contribution >= 4 is 11.9 Å². The van der Waals surface area contributed by atoms with Crippen LogP contribution in [0.5, 0.6) is 0 Å². The second-order valence-electron chi connectivity index (χ2n) is 4.18. The van der Waals surface area contributed by atoms with Gasteiger partial charge < -0.3 is 10.4 Å². The first-order valence-electron chi connectivity index (χ1n) is 5.87. The summed E-state index contributed by atoms with van der Waals surface area (Å²) in [5, 5.41) is 11.9. The Bertz CT molecular complexity index is 560. The lowest BCUT2D eigenvalue weighted by molar-refractivity contribution is 0.0690. The summed E-state index contributed by atoms with van der Waals surface area (Å²) in [6.07, 6.45) is 5.69. The molecule has 0 aliphatic carbocycles. The molecule has 0 saturated carbocycles. The van der Waals surface area contributed by atoms with E-state index in [2.05, 4.69) is 20.3 Å². The van der Waals surface area contributed by atoms with Crippen LogP contribution in [0.25, 0.3) is 0 Å². The Balaban J connectivity index is 2.01. The number of nitrogens with zero attached hydrogens (tertiary/aromatic N) is 3. The molecule has 2 N–H and O–H groups in total. The molecule has 0 fully saturated rings. The number of aromatic nitrogens is 3. The zero-order chi connectivity index (χ0) is 13.7. The van der Waals surface area contributed by atoms with Crippen molar-refractivity contribution in [1.29, 1.82) is 0 Å². The molecule has 0 bridgehead atoms. The third kappa shape index (κ3) is 3.74. The molecule has 2 rings (SSSR count). The van der Waals surface area contributed by atoms with Crippen LogP contribution in [-0.4, -0.2) is 32.1 Å². The summed E-state index contributed by atoms with van der Waals surface area (Å²) in [7, 11) is 0. The molecule has 0 aliphatic heterocycles. The van der Waals surface area contributed by atoms with Gasteiger partial charge in [-0.25, -0.2) is 14.8 Å². The zero-order valence-electron chi connectivity index (χ0n) is 10.4. The van der Waals surface area contributed by atoms with Crippen molar-refractivity contribution in [3.8, 4) is 0 Å². The maximum atomic E-state index is 10.8. The third-order valence-corrected chi connectivity index (χ3v) is 2.54. The van der Waals surface area contributed by atoms with Gasteiger partial charge in [0.1, 0.15) is 0 Å². The van der Waals surface area contributed by atoms with Crippen LogP contribution in [0.3, 0.4) is 0 Å². The number of rotatable bonds is 5. The second-order valence-corrected chi connectivity index (χ2v) is 4.18. The minimum absolute atomic E-state index is 0.0198. The fraction of sp³-hybridized carbons (Fsp3) is 0.231. The molecule has 0 aromatic carbocycles. The number of pyridine rings is 1. The standard InChI is InChI=1S/C13H14N4O2/c1-9(8-10-2-5-14-6-3-10)16-13-15-7-4-11(17-13)12(18)19/h2-7,9H,8H2,1H3,(H,18,19)(H,15,16,17). The van der Waals surface area contributed by atoms with Crippen molar-refractivity contribution in [2.75, 3.05) is 5.32 Å². The smallest absolute Gasteiger partial charge is 0.354 e. The van der Waals surface area contributed by atoms with Crippen LogP contribution in [0.15, 0.2) is 36.8 Å². The minimum Gasteiger partial charge on any atom is -0.477 e. The molecule has 0 saturated heterocycles. The van der Waals surface area contributed by atoms with Gasteiger partial charge in [0, 0.05) is 24.6 Å². The van der Waals surface area contributed by atoms with Gasteiger partial charge in [-0.1, -0.05) is 0 Å². The number of nitrogens with one attached hydrogen (secondary N) is 1. The normalized spacial score (nSPS) is 11.8. The van der Waals surface area contributed by atoms with Gasteiger partial charge in [0.15, 0.2) is 5.69 Å². The molecular formula is C13H14N4O2. The van der Waals surface area contributed by atoms with Crippen LogP contribution in [0.1, 0.15) is 23.0 Å². The zero-order valence-corrected chi connectivity index (χ0v) is 10.4. The van der Waals surface area contributed by atoms with Crippen molar-refractivity contribution < 1.29 is 9.90 Å². The second kappa shape index (κ2) is 5.90. The van der Waals surface area contributed by atoms with E-state index in [1.165, 1.54) is 12.3 Å². The lowest BCUT2D eigenvalue weighted by atomic mass is 10.1. The predicted octanol–water partition coefficient (Wildman–Crippen LogP) is 1.61. The van der Waals surface area contributed by atoms with Gasteiger partial charge in [-0.2, -0.15) is 0 Å². The van der Waals surface area contributed by atoms with E-state index in [9.17, 15) is 4.79 Å². The lowest BCUT2D eigenvalue weighted by Gasteiger charge is -2.13. The first-order chi connectivity index (χ1) is 9.15. The monoisotopic (exact) mass is 258 g/mol. The summed E-state index contributed by atoms with van der Waals surface area (Å²) in [5.41, 5.74) is 1.12. The fourth-order valence-electron chi connectivity index (χ4n) is 1.69. The van der Waals surface area contributed by atoms with Crippen molar-refractivity contribution in [3.63, 3.8) is 0 Å². The minimum atomic E-state index is -1.06. The summed E-state index contributed by atoms with van der Waals surface area (Å²) in [5.74, 6) is -0.742. The van der Waals surface area contributed by atoms with Crippen LogP contribution >= 0.6 is 0 Å². The molecule has 2 aromatic heterocycles. The van der Waals surface area contributed by atoms with E-state index < -0.39 is 5.97 Å². The molecule has 2 heterocycles. The largest absolute Gasteiger partial charge is 0.477 e. The van der Waals surface area contributed by atoms with Crippen LogP contribution in [0.2, 0.25) is 0 Å². The van der Waals surface area contributed by atoms with Crippen molar-refractivity contribution in [2.24, 2.45) is 0 Å². The van der Waals surface area contributed by atoms with Gasteiger partial charge in [0.2, 0.25) is 5.95 Å². The Labute approximate surface area is 110 Å². The van der Waals surface area contributed by atoms with E-state index in [-0.39, 0.29) is 11.7 Å². The highest BCUT2D eigenvalue weighted by Gasteiger charge is 2.09. The molecule has 2 aromatic rings. The van der Waals surface area contributed by atoms with E-state index >= 15 is 0 Å². The first-order valence-corrected chi connectivity index (χ1v) is 5.87. The molecule has 0 spiro atoms. The summed E-state index contributed by atoms with van der Waals surface area (Å²) in [6.45, 7) is 1.98. The van der Waals surface area contributed by atoms with E-state index in [0.29, 0.717) is 5.95 Å². The summed E-state index contributed by atoms with van der Waals surface area (Å²) < 4.78 is 0. The Hall–Kier alpha value is -2.50. The van der Waals surface area contributed by atoms with Gasteiger partial charge >= 0.3 is 5.97 Å². The van der Waals surface area contributed by atoms with Crippen molar-refractivity contribution in [1.82, 2.24) is 15.0 Å². The first kappa shape index (κ1) is 12.9. The molecule has 0 amide bonds. The molecule has 0 aliphatic rings. The quantitative estimate of drug-likeness (QED) is 0.847. The summed E-state index contributed by atoms with van der Waals surface area (Å²) in [6, 6.07) is 5.33. The Morgan fingerprint density at radius 2 is 2.05 bits per heavy atom. The SMILES string of the molecule is CC(Cc1ccncc1)Nc1nccc(C(=O)O)n1. The topological polar surface area (TPSA) is 88.0 Å². The molecule has 6 heteroatoms.